The third kappa shape index (κ3) is 3.84. The Hall–Kier alpha value is -4.19. The number of carbonyl (C=O) groups is 1. The number of rotatable bonds is 4. The van der Waals surface area contributed by atoms with Crippen molar-refractivity contribution in [3.8, 4) is 16.9 Å². The number of aromatic amines is 1. The van der Waals surface area contributed by atoms with Gasteiger partial charge in [-0.25, -0.2) is 14.4 Å². The largest absolute Gasteiger partial charge is 0.384 e. The fourth-order valence-corrected chi connectivity index (χ4v) is 5.43. The van der Waals surface area contributed by atoms with Crippen LogP contribution in [0.2, 0.25) is 5.02 Å². The summed E-state index contributed by atoms with van der Waals surface area (Å²) in [6.45, 7) is 2.04. The predicted molar refractivity (Wildman–Crippen MR) is 130 cm³/mol. The van der Waals surface area contributed by atoms with Gasteiger partial charge in [0, 0.05) is 17.7 Å². The Kier molecular flexibility index (Phi) is 5.48. The molecule has 3 N–H and O–H groups in total. The third-order valence-electron chi connectivity index (χ3n) is 6.99. The van der Waals surface area contributed by atoms with Crippen LogP contribution in [0.4, 0.5) is 14.6 Å². The molecule has 0 spiro atoms. The lowest BCUT2D eigenvalue weighted by molar-refractivity contribution is -0.129. The van der Waals surface area contributed by atoms with E-state index in [1.165, 1.54) is 41.5 Å². The number of aromatic nitrogens is 7. The molecule has 0 bridgehead atoms. The van der Waals surface area contributed by atoms with E-state index in [9.17, 15) is 9.18 Å². The summed E-state index contributed by atoms with van der Waals surface area (Å²) in [7, 11) is 0. The molecule has 37 heavy (non-hydrogen) atoms. The van der Waals surface area contributed by atoms with E-state index in [1.54, 1.807) is 11.0 Å². The summed E-state index contributed by atoms with van der Waals surface area (Å²) in [4.78, 5) is 26.5. The predicted octanol–water partition coefficient (Wildman–Crippen LogP) is 3.73. The van der Waals surface area contributed by atoms with Crippen LogP contribution in [0, 0.1) is 17.7 Å². The van der Waals surface area contributed by atoms with Gasteiger partial charge in [0.1, 0.15) is 18.0 Å². The second-order valence-electron chi connectivity index (χ2n) is 9.18. The lowest BCUT2D eigenvalue weighted by atomic mass is 9.88. The maximum absolute atomic E-state index is 15.3. The normalized spacial score (nSPS) is 21.3. The van der Waals surface area contributed by atoms with Crippen molar-refractivity contribution in [1.82, 2.24) is 40.1 Å². The van der Waals surface area contributed by atoms with E-state index in [0.29, 0.717) is 35.6 Å². The molecule has 2 aliphatic heterocycles. The van der Waals surface area contributed by atoms with Crippen molar-refractivity contribution in [2.45, 2.75) is 31.8 Å². The molecule has 0 aliphatic carbocycles. The molecule has 4 aromatic rings. The van der Waals surface area contributed by atoms with Crippen molar-refractivity contribution in [3.63, 3.8) is 0 Å². The number of fused-ring (bicyclic) bond motifs is 1. The van der Waals surface area contributed by atoms with Gasteiger partial charge in [-0.15, -0.1) is 5.10 Å². The number of tetrazole rings is 1. The Labute approximate surface area is 214 Å². The summed E-state index contributed by atoms with van der Waals surface area (Å²) in [6, 6.07) is 5.51. The average Bonchev–Trinajstić information content (AvgIpc) is 3.62. The number of pyridine rings is 1. The Morgan fingerprint density at radius 1 is 1.22 bits per heavy atom. The number of nitrogens with one attached hydrogen (secondary N) is 1. The molecule has 10 nitrogen and oxygen atoms in total. The van der Waals surface area contributed by atoms with E-state index in [-0.39, 0.29) is 45.9 Å². The van der Waals surface area contributed by atoms with Crippen LogP contribution >= 0.6 is 11.6 Å². The van der Waals surface area contributed by atoms with Crippen LogP contribution in [0.15, 0.2) is 42.9 Å². The fraction of sp³-hybridized carbons (Fsp3) is 0.250. The molecule has 1 fully saturated rings. The first kappa shape index (κ1) is 23.2. The number of nitrogen functional groups attached to an aromatic ring is 1. The number of amides is 1. The number of hydrogen-bond acceptors (Lipinski definition) is 7. The molecule has 2 aliphatic rings. The van der Waals surface area contributed by atoms with Gasteiger partial charge < -0.3 is 15.6 Å². The third-order valence-corrected chi connectivity index (χ3v) is 7.28. The number of nitrogens with two attached hydrogens (primary N) is 1. The molecule has 188 valence electrons. The highest BCUT2D eigenvalue weighted by Gasteiger charge is 2.46. The van der Waals surface area contributed by atoms with E-state index in [1.807, 2.05) is 6.92 Å². The number of imidazole rings is 1. The molecule has 0 radical (unpaired) electrons. The standard InChI is InChI=1S/C24H20ClF2N9O/c1-11-6-18(24-29-9-15(31-24)13-2-5-19(28)32-23(13)27)36-17(11)7-12(8-20(36)37)21-16(35-10-30-33-34-35)4-3-14(25)22(21)26/h2-5,8-11,17-18H,6-7H2,1H3,(H2,28,32)(H,29,31)/t11-,17-,18+/m1/s1. The van der Waals surface area contributed by atoms with Gasteiger partial charge in [0.2, 0.25) is 11.9 Å². The second-order valence-corrected chi connectivity index (χ2v) is 9.59. The monoisotopic (exact) mass is 523 g/mol. The van der Waals surface area contributed by atoms with Gasteiger partial charge >= 0.3 is 0 Å². The van der Waals surface area contributed by atoms with Crippen LogP contribution in [0.5, 0.6) is 0 Å². The summed E-state index contributed by atoms with van der Waals surface area (Å²) < 4.78 is 31.0. The molecule has 1 aromatic carbocycles. The number of anilines is 1. The maximum Gasteiger partial charge on any atom is 0.247 e. The molecule has 0 saturated carbocycles. The number of carbonyl (C=O) groups excluding carboxylic acids is 1. The van der Waals surface area contributed by atoms with Crippen molar-refractivity contribution in [3.05, 3.63) is 71.0 Å². The first-order chi connectivity index (χ1) is 17.8. The van der Waals surface area contributed by atoms with Gasteiger partial charge in [-0.05, 0) is 59.0 Å². The molecule has 1 amide bonds. The SMILES string of the molecule is C[C@@H]1C[C@@H](c2ncc(-c3ccc(N)nc3F)[nH]2)N2C(=O)C=C(c3c(-n4cnnn4)ccc(Cl)c3F)C[C@H]12. The molecular formula is C24H20ClF2N9O. The first-order valence-corrected chi connectivity index (χ1v) is 11.9. The minimum atomic E-state index is -0.712. The summed E-state index contributed by atoms with van der Waals surface area (Å²) in [5, 5.41) is 11.1. The number of benzene rings is 1. The van der Waals surface area contributed by atoms with Gasteiger partial charge in [-0.3, -0.25) is 4.79 Å². The van der Waals surface area contributed by atoms with Crippen LogP contribution in [-0.4, -0.2) is 52.0 Å². The highest BCUT2D eigenvalue weighted by atomic mass is 35.5. The van der Waals surface area contributed by atoms with Crippen LogP contribution < -0.4 is 5.73 Å². The highest BCUT2D eigenvalue weighted by molar-refractivity contribution is 6.31. The van der Waals surface area contributed by atoms with E-state index >= 15 is 4.39 Å². The molecule has 1 saturated heterocycles. The minimum absolute atomic E-state index is 0.0625. The zero-order valence-corrected chi connectivity index (χ0v) is 20.2. The quantitative estimate of drug-likeness (QED) is 0.389. The van der Waals surface area contributed by atoms with Crippen LogP contribution in [0.1, 0.15) is 37.2 Å². The van der Waals surface area contributed by atoms with E-state index in [2.05, 4.69) is 30.5 Å². The minimum Gasteiger partial charge on any atom is -0.384 e. The molecule has 0 unspecified atom stereocenters. The second kappa shape index (κ2) is 8.73. The Morgan fingerprint density at radius 2 is 2.05 bits per heavy atom. The molecule has 6 rings (SSSR count). The number of halogens is 3. The molecule has 13 heteroatoms. The lowest BCUT2D eigenvalue weighted by Crippen LogP contribution is -2.41. The molecule has 5 heterocycles. The van der Waals surface area contributed by atoms with E-state index in [4.69, 9.17) is 17.3 Å². The summed E-state index contributed by atoms with van der Waals surface area (Å²) in [6.07, 6.45) is 5.33. The van der Waals surface area contributed by atoms with Crippen molar-refractivity contribution in [2.24, 2.45) is 5.92 Å². The van der Waals surface area contributed by atoms with Crippen LogP contribution in [-0.2, 0) is 4.79 Å². The topological polar surface area (TPSA) is 132 Å². The lowest BCUT2D eigenvalue weighted by Gasteiger charge is -2.34. The van der Waals surface area contributed by atoms with Gasteiger partial charge in [-0.1, -0.05) is 18.5 Å². The van der Waals surface area contributed by atoms with Gasteiger partial charge in [0.15, 0.2) is 5.82 Å². The number of nitrogens with zero attached hydrogens (tertiary/aromatic N) is 7. The van der Waals surface area contributed by atoms with E-state index < -0.39 is 11.8 Å². The smallest absolute Gasteiger partial charge is 0.247 e. The van der Waals surface area contributed by atoms with Gasteiger partial charge in [-0.2, -0.15) is 9.07 Å². The molecule has 3 aromatic heterocycles. The van der Waals surface area contributed by atoms with Crippen LogP contribution in [0.3, 0.4) is 0 Å². The Morgan fingerprint density at radius 3 is 2.81 bits per heavy atom. The zero-order valence-electron chi connectivity index (χ0n) is 19.4. The summed E-state index contributed by atoms with van der Waals surface area (Å²) in [5.41, 5.74) is 7.31. The number of hydrogen-bond donors (Lipinski definition) is 2. The van der Waals surface area contributed by atoms with E-state index in [0.717, 1.165) is 0 Å². The van der Waals surface area contributed by atoms with Gasteiger partial charge in [0.05, 0.1) is 34.2 Å². The zero-order chi connectivity index (χ0) is 25.8. The van der Waals surface area contributed by atoms with Crippen LogP contribution in [0.25, 0.3) is 22.5 Å². The Bertz CT molecular complexity index is 1550. The Balaban J connectivity index is 1.36. The van der Waals surface area contributed by atoms with Crippen molar-refractivity contribution >= 4 is 28.9 Å². The molecule has 3 atom stereocenters. The summed E-state index contributed by atoms with van der Waals surface area (Å²) in [5.74, 6) is -0.931. The first-order valence-electron chi connectivity index (χ1n) is 11.5. The fourth-order valence-electron chi connectivity index (χ4n) is 5.27. The van der Waals surface area contributed by atoms with Gasteiger partial charge in [0.25, 0.3) is 0 Å². The number of H-pyrrole nitrogens is 1. The van der Waals surface area contributed by atoms with Crippen molar-refractivity contribution in [2.75, 3.05) is 5.73 Å². The molecular weight excluding hydrogens is 504 g/mol. The maximum atomic E-state index is 15.3. The summed E-state index contributed by atoms with van der Waals surface area (Å²) >= 11 is 6.11. The van der Waals surface area contributed by atoms with Crippen molar-refractivity contribution < 1.29 is 13.6 Å². The average molecular weight is 524 g/mol. The van der Waals surface area contributed by atoms with Crippen molar-refractivity contribution in [1.29, 1.82) is 0 Å². The highest BCUT2D eigenvalue weighted by Crippen LogP contribution is 2.46.